The lowest BCUT2D eigenvalue weighted by Gasteiger charge is -2.35. The molecular weight excluding hydrogens is 396 g/mol. The summed E-state index contributed by atoms with van der Waals surface area (Å²) in [5.74, 6) is 0.865. The molecule has 1 saturated heterocycles. The number of fused-ring (bicyclic) bond motifs is 1. The summed E-state index contributed by atoms with van der Waals surface area (Å²) in [6, 6.07) is 18.1. The number of nitrogens with zero attached hydrogens (tertiary/aromatic N) is 3. The largest absolute Gasteiger partial charge is 0.390 e. The molecule has 0 bridgehead atoms. The molecule has 3 heterocycles. The number of pyridine rings is 1. The predicted molar refractivity (Wildman–Crippen MR) is 122 cm³/mol. The third kappa shape index (κ3) is 3.78. The van der Waals surface area contributed by atoms with Gasteiger partial charge in [0.1, 0.15) is 0 Å². The number of benzene rings is 2. The Morgan fingerprint density at radius 1 is 0.967 bits per heavy atom. The number of H-pyrrole nitrogens is 1. The second-order valence-corrected chi connectivity index (χ2v) is 8.65. The SMILES string of the molecule is CC1(O)CCN(c2nc3cc(-c4ccc(-c5ccc(Cl)cc5)cn4)ccc3[nH]2)CC1. The van der Waals surface area contributed by atoms with E-state index in [-0.39, 0.29) is 0 Å². The monoisotopic (exact) mass is 418 g/mol. The second kappa shape index (κ2) is 7.42. The van der Waals surface area contributed by atoms with E-state index >= 15 is 0 Å². The molecule has 0 spiro atoms. The van der Waals surface area contributed by atoms with Crippen LogP contribution in [0.15, 0.2) is 60.8 Å². The van der Waals surface area contributed by atoms with Crippen LogP contribution in [0.4, 0.5) is 5.95 Å². The predicted octanol–water partition coefficient (Wildman–Crippen LogP) is 5.30. The molecule has 0 saturated carbocycles. The van der Waals surface area contributed by atoms with Crippen LogP contribution < -0.4 is 4.90 Å². The number of aromatic nitrogens is 3. The minimum absolute atomic E-state index is 0.570. The first-order valence-corrected chi connectivity index (χ1v) is 10.5. The van der Waals surface area contributed by atoms with Crippen LogP contribution in [-0.2, 0) is 0 Å². The zero-order valence-corrected chi connectivity index (χ0v) is 17.5. The lowest BCUT2D eigenvalue weighted by molar-refractivity contribution is 0.0349. The normalized spacial score (nSPS) is 16.2. The number of imidazole rings is 1. The Hall–Kier alpha value is -2.89. The molecule has 4 aromatic rings. The summed E-state index contributed by atoms with van der Waals surface area (Å²) < 4.78 is 0. The zero-order chi connectivity index (χ0) is 20.7. The molecule has 1 fully saturated rings. The van der Waals surface area contributed by atoms with Gasteiger partial charge < -0.3 is 15.0 Å². The number of hydrogen-bond acceptors (Lipinski definition) is 4. The summed E-state index contributed by atoms with van der Waals surface area (Å²) in [5.41, 5.74) is 5.44. The van der Waals surface area contributed by atoms with Gasteiger partial charge in [-0.1, -0.05) is 35.9 Å². The van der Waals surface area contributed by atoms with Gasteiger partial charge in [-0.25, -0.2) is 4.98 Å². The highest BCUT2D eigenvalue weighted by atomic mass is 35.5. The summed E-state index contributed by atoms with van der Waals surface area (Å²) in [5, 5.41) is 10.9. The summed E-state index contributed by atoms with van der Waals surface area (Å²) in [7, 11) is 0. The molecule has 30 heavy (non-hydrogen) atoms. The average molecular weight is 419 g/mol. The summed E-state index contributed by atoms with van der Waals surface area (Å²) in [6.45, 7) is 3.50. The number of aromatic amines is 1. The zero-order valence-electron chi connectivity index (χ0n) is 16.8. The highest BCUT2D eigenvalue weighted by Crippen LogP contribution is 2.29. The van der Waals surface area contributed by atoms with Crippen LogP contribution in [0.2, 0.25) is 5.02 Å². The maximum Gasteiger partial charge on any atom is 0.203 e. The van der Waals surface area contributed by atoms with E-state index in [1.54, 1.807) is 0 Å². The van der Waals surface area contributed by atoms with E-state index in [1.165, 1.54) is 0 Å². The van der Waals surface area contributed by atoms with Gasteiger partial charge in [-0.3, -0.25) is 4.98 Å². The number of nitrogens with one attached hydrogen (secondary N) is 1. The van der Waals surface area contributed by atoms with Crippen LogP contribution in [0, 0.1) is 0 Å². The molecule has 6 heteroatoms. The van der Waals surface area contributed by atoms with Crippen molar-refractivity contribution in [3.63, 3.8) is 0 Å². The van der Waals surface area contributed by atoms with Gasteiger partial charge in [0.25, 0.3) is 0 Å². The van der Waals surface area contributed by atoms with Gasteiger partial charge in [-0.15, -0.1) is 0 Å². The van der Waals surface area contributed by atoms with E-state index in [9.17, 15) is 5.11 Å². The van der Waals surface area contributed by atoms with Crippen molar-refractivity contribution in [2.24, 2.45) is 0 Å². The Morgan fingerprint density at radius 3 is 2.37 bits per heavy atom. The van der Waals surface area contributed by atoms with Gasteiger partial charge in [0.15, 0.2) is 0 Å². The lowest BCUT2D eigenvalue weighted by atomic mass is 9.94. The third-order valence-corrected chi connectivity index (χ3v) is 6.10. The Kier molecular flexibility index (Phi) is 4.72. The minimum atomic E-state index is -0.570. The highest BCUT2D eigenvalue weighted by Gasteiger charge is 2.28. The van der Waals surface area contributed by atoms with Gasteiger partial charge in [0.2, 0.25) is 5.95 Å². The molecule has 5 rings (SSSR count). The molecule has 152 valence electrons. The van der Waals surface area contributed by atoms with Crippen molar-refractivity contribution >= 4 is 28.6 Å². The van der Waals surface area contributed by atoms with E-state index in [0.717, 1.165) is 70.3 Å². The number of aliphatic hydroxyl groups is 1. The first kappa shape index (κ1) is 19.1. The fraction of sp³-hybridized carbons (Fsp3) is 0.250. The summed E-state index contributed by atoms with van der Waals surface area (Å²) in [4.78, 5) is 15.1. The van der Waals surface area contributed by atoms with Crippen LogP contribution in [0.5, 0.6) is 0 Å². The molecule has 2 N–H and O–H groups in total. The van der Waals surface area contributed by atoms with Crippen LogP contribution in [0.25, 0.3) is 33.4 Å². The van der Waals surface area contributed by atoms with Gasteiger partial charge in [0.05, 0.1) is 22.3 Å². The fourth-order valence-corrected chi connectivity index (χ4v) is 4.01. The average Bonchev–Trinajstić information content (AvgIpc) is 3.18. The minimum Gasteiger partial charge on any atom is -0.390 e. The maximum atomic E-state index is 10.2. The van der Waals surface area contributed by atoms with Crippen molar-refractivity contribution in [3.05, 3.63) is 65.8 Å². The van der Waals surface area contributed by atoms with E-state index in [4.69, 9.17) is 16.6 Å². The van der Waals surface area contributed by atoms with Crippen molar-refractivity contribution in [3.8, 4) is 22.4 Å². The quantitative estimate of drug-likeness (QED) is 0.474. The number of anilines is 1. The molecule has 1 aliphatic heterocycles. The van der Waals surface area contributed by atoms with Crippen molar-refractivity contribution < 1.29 is 5.11 Å². The topological polar surface area (TPSA) is 65.0 Å². The summed E-state index contributed by atoms with van der Waals surface area (Å²) in [6.07, 6.45) is 3.39. The maximum absolute atomic E-state index is 10.2. The number of halogens is 1. The standard InChI is InChI=1S/C24H23ClN4O/c1-24(30)10-12-29(13-11-24)23-27-21-9-4-17(14-22(21)28-23)20-8-5-18(15-26-20)16-2-6-19(25)7-3-16/h2-9,14-15,30H,10-13H2,1H3,(H,27,28). The second-order valence-electron chi connectivity index (χ2n) is 8.22. The number of rotatable bonds is 3. The third-order valence-electron chi connectivity index (χ3n) is 5.85. The number of piperidine rings is 1. The molecule has 2 aromatic carbocycles. The van der Waals surface area contributed by atoms with Gasteiger partial charge in [0, 0.05) is 35.4 Å². The van der Waals surface area contributed by atoms with E-state index in [1.807, 2.05) is 43.5 Å². The van der Waals surface area contributed by atoms with E-state index < -0.39 is 5.60 Å². The first-order valence-electron chi connectivity index (χ1n) is 10.2. The van der Waals surface area contributed by atoms with Crippen LogP contribution in [0.1, 0.15) is 19.8 Å². The molecule has 0 unspecified atom stereocenters. The van der Waals surface area contributed by atoms with Gasteiger partial charge in [-0.2, -0.15) is 0 Å². The Bertz CT molecular complexity index is 1170. The Labute approximate surface area is 180 Å². The van der Waals surface area contributed by atoms with Gasteiger partial charge in [-0.05, 0) is 55.7 Å². The van der Waals surface area contributed by atoms with Crippen molar-refractivity contribution in [1.29, 1.82) is 0 Å². The van der Waals surface area contributed by atoms with E-state index in [0.29, 0.717) is 0 Å². The van der Waals surface area contributed by atoms with E-state index in [2.05, 4.69) is 39.1 Å². The molecule has 0 atom stereocenters. The van der Waals surface area contributed by atoms with Crippen molar-refractivity contribution in [2.75, 3.05) is 18.0 Å². The first-order chi connectivity index (χ1) is 14.5. The van der Waals surface area contributed by atoms with Crippen molar-refractivity contribution in [2.45, 2.75) is 25.4 Å². The molecule has 5 nitrogen and oxygen atoms in total. The smallest absolute Gasteiger partial charge is 0.203 e. The molecule has 0 radical (unpaired) electrons. The molecule has 0 amide bonds. The van der Waals surface area contributed by atoms with Crippen LogP contribution in [0.3, 0.4) is 0 Å². The summed E-state index contributed by atoms with van der Waals surface area (Å²) >= 11 is 5.98. The molecule has 1 aliphatic rings. The van der Waals surface area contributed by atoms with Crippen LogP contribution in [-0.4, -0.2) is 38.7 Å². The fourth-order valence-electron chi connectivity index (χ4n) is 3.88. The molecule has 2 aromatic heterocycles. The van der Waals surface area contributed by atoms with Crippen molar-refractivity contribution in [1.82, 2.24) is 15.0 Å². The van der Waals surface area contributed by atoms with Gasteiger partial charge >= 0.3 is 0 Å². The highest BCUT2D eigenvalue weighted by molar-refractivity contribution is 6.30. The Balaban J connectivity index is 1.39. The lowest BCUT2D eigenvalue weighted by Crippen LogP contribution is -2.42. The Morgan fingerprint density at radius 2 is 1.67 bits per heavy atom. The molecule has 0 aliphatic carbocycles. The van der Waals surface area contributed by atoms with Crippen LogP contribution >= 0.6 is 11.6 Å². The number of hydrogen-bond donors (Lipinski definition) is 2. The molecular formula is C24H23ClN4O.